The maximum absolute atomic E-state index is 13.6. The van der Waals surface area contributed by atoms with Gasteiger partial charge in [-0.25, -0.2) is 13.6 Å². The summed E-state index contributed by atoms with van der Waals surface area (Å²) in [6.45, 7) is 0.672. The van der Waals surface area contributed by atoms with Gasteiger partial charge in [0.15, 0.2) is 0 Å². The Labute approximate surface area is 337 Å². The lowest BCUT2D eigenvalue weighted by Crippen LogP contribution is -2.46. The fourth-order valence-corrected chi connectivity index (χ4v) is 5.83. The van der Waals surface area contributed by atoms with Crippen LogP contribution in [0.4, 0.5) is 14.5 Å². The van der Waals surface area contributed by atoms with Crippen LogP contribution in [0.2, 0.25) is 0 Å². The second-order valence-electron chi connectivity index (χ2n) is 13.4. The molecule has 1 aromatic carbocycles. The lowest BCUT2D eigenvalue weighted by atomic mass is 10.1. The molecule has 3 heterocycles. The van der Waals surface area contributed by atoms with E-state index in [9.17, 15) is 47.1 Å². The third-order valence-corrected chi connectivity index (χ3v) is 8.76. The first kappa shape index (κ1) is 46.0. The molecule has 4 rings (SSSR count). The van der Waals surface area contributed by atoms with Crippen LogP contribution in [0.15, 0.2) is 30.5 Å². The molecule has 0 spiro atoms. The molecular weight excluding hydrogens is 786 g/mol. The van der Waals surface area contributed by atoms with Gasteiger partial charge < -0.3 is 50.9 Å². The lowest BCUT2D eigenvalue weighted by molar-refractivity contribution is -0.197. The number of carbonyl (C=O) groups is 8. The van der Waals surface area contributed by atoms with E-state index in [1.54, 1.807) is 18.2 Å². The fraction of sp³-hybridized carbons (Fsp3) is 0.541. The molecule has 2 aliphatic rings. The number of nitrogens with one attached hydrogen (secondary N) is 4. The molecule has 2 aliphatic heterocycles. The van der Waals surface area contributed by atoms with Gasteiger partial charge in [0.2, 0.25) is 23.6 Å². The number of para-hydroxylation sites is 1. The standard InChI is InChI=1S/C37H48F2N8O12/c38-37(39)21-27(40)46(23-37)33(53)22-44-36(55)25-11-12-43-35-24(25)3-1-4-26(35)45-30(50)8-7-29(49)42-14-16-57-18-20-58-19-17-56-15-13-41-28(48)5-2-6-34(54)59-47-31(51)9-10-32(47)52/h1,3-4,11-12,27H,2,5-10,13-23,40H2,(H,41,48)(H,42,49)(H,44,55)(H,45,50)/t27-/m0/s1. The molecule has 0 unspecified atom stereocenters. The Morgan fingerprint density at radius 2 is 1.41 bits per heavy atom. The van der Waals surface area contributed by atoms with Crippen LogP contribution < -0.4 is 27.0 Å². The number of fused-ring (bicyclic) bond motifs is 1. The van der Waals surface area contributed by atoms with E-state index >= 15 is 0 Å². The van der Waals surface area contributed by atoms with Gasteiger partial charge in [-0.2, -0.15) is 0 Å². The lowest BCUT2D eigenvalue weighted by Gasteiger charge is -2.20. The van der Waals surface area contributed by atoms with Crippen molar-refractivity contribution in [3.8, 4) is 0 Å². The average Bonchev–Trinajstić information content (AvgIpc) is 3.67. The number of amides is 7. The number of rotatable bonds is 24. The Morgan fingerprint density at radius 3 is 2.03 bits per heavy atom. The van der Waals surface area contributed by atoms with E-state index in [4.69, 9.17) is 24.8 Å². The summed E-state index contributed by atoms with van der Waals surface area (Å²) in [7, 11) is 0. The number of hydroxylamine groups is 2. The Hall–Kier alpha value is -5.71. The highest BCUT2D eigenvalue weighted by Gasteiger charge is 2.45. The minimum Gasteiger partial charge on any atom is -0.377 e. The highest BCUT2D eigenvalue weighted by Crippen LogP contribution is 2.30. The van der Waals surface area contributed by atoms with E-state index in [2.05, 4.69) is 26.3 Å². The van der Waals surface area contributed by atoms with Gasteiger partial charge in [0, 0.05) is 69.6 Å². The van der Waals surface area contributed by atoms with Crippen molar-refractivity contribution in [3.05, 3.63) is 36.0 Å². The predicted molar refractivity (Wildman–Crippen MR) is 201 cm³/mol. The summed E-state index contributed by atoms with van der Waals surface area (Å²) in [5.41, 5.74) is 6.37. The molecule has 2 fully saturated rings. The Balaban J connectivity index is 0.986. The number of ether oxygens (including phenoxy) is 3. The molecule has 1 aromatic heterocycles. The summed E-state index contributed by atoms with van der Waals surface area (Å²) in [5, 5.41) is 11.3. The Kier molecular flexibility index (Phi) is 17.9. The van der Waals surface area contributed by atoms with Gasteiger partial charge in [-0.15, -0.1) is 5.06 Å². The van der Waals surface area contributed by atoms with Gasteiger partial charge in [0.25, 0.3) is 23.6 Å². The van der Waals surface area contributed by atoms with Crippen molar-refractivity contribution in [1.29, 1.82) is 0 Å². The van der Waals surface area contributed by atoms with E-state index in [1.165, 1.54) is 12.3 Å². The van der Waals surface area contributed by atoms with E-state index in [0.717, 1.165) is 4.90 Å². The van der Waals surface area contributed by atoms with Crippen LogP contribution in [0.3, 0.4) is 0 Å². The number of nitrogens with zero attached hydrogens (tertiary/aromatic N) is 3. The van der Waals surface area contributed by atoms with Crippen molar-refractivity contribution in [2.24, 2.45) is 5.73 Å². The van der Waals surface area contributed by atoms with Gasteiger partial charge in [-0.1, -0.05) is 12.1 Å². The molecule has 0 aliphatic carbocycles. The zero-order valence-electron chi connectivity index (χ0n) is 32.3. The maximum Gasteiger partial charge on any atom is 0.333 e. The van der Waals surface area contributed by atoms with Gasteiger partial charge in [-0.05, 0) is 18.6 Å². The fourth-order valence-electron chi connectivity index (χ4n) is 5.83. The third-order valence-electron chi connectivity index (χ3n) is 8.76. The smallest absolute Gasteiger partial charge is 0.333 e. The molecule has 7 amide bonds. The summed E-state index contributed by atoms with van der Waals surface area (Å²) in [6.07, 6.45) is -0.570. The van der Waals surface area contributed by atoms with Crippen LogP contribution in [-0.4, -0.2) is 140 Å². The molecule has 322 valence electrons. The molecule has 2 aromatic rings. The number of imide groups is 1. The zero-order valence-corrected chi connectivity index (χ0v) is 32.3. The van der Waals surface area contributed by atoms with E-state index in [1.807, 2.05) is 0 Å². The quantitative estimate of drug-likeness (QED) is 0.0683. The van der Waals surface area contributed by atoms with Crippen LogP contribution >= 0.6 is 0 Å². The highest BCUT2D eigenvalue weighted by molar-refractivity contribution is 6.11. The molecular formula is C37H48F2N8O12. The molecule has 1 atom stereocenters. The van der Waals surface area contributed by atoms with Gasteiger partial charge in [0.05, 0.1) is 75.7 Å². The van der Waals surface area contributed by atoms with Crippen LogP contribution in [0.25, 0.3) is 10.9 Å². The van der Waals surface area contributed by atoms with Crippen LogP contribution in [0, 0.1) is 0 Å². The first-order valence-corrected chi connectivity index (χ1v) is 19.0. The van der Waals surface area contributed by atoms with Crippen molar-refractivity contribution in [2.75, 3.05) is 71.1 Å². The zero-order chi connectivity index (χ0) is 42.8. The second kappa shape index (κ2) is 23.0. The van der Waals surface area contributed by atoms with E-state index in [-0.39, 0.29) is 121 Å². The number of hydrogen-bond acceptors (Lipinski definition) is 14. The number of pyridine rings is 1. The molecule has 59 heavy (non-hydrogen) atoms. The van der Waals surface area contributed by atoms with Crippen molar-refractivity contribution in [2.45, 2.75) is 63.5 Å². The number of halogens is 2. The Morgan fingerprint density at radius 1 is 0.797 bits per heavy atom. The van der Waals surface area contributed by atoms with Crippen molar-refractivity contribution in [3.63, 3.8) is 0 Å². The Bertz CT molecular complexity index is 1840. The average molecular weight is 835 g/mol. The van der Waals surface area contributed by atoms with Crippen LogP contribution in [0.5, 0.6) is 0 Å². The molecule has 2 saturated heterocycles. The number of carbonyl (C=O) groups excluding carboxylic acids is 8. The normalized spacial score (nSPS) is 15.9. The largest absolute Gasteiger partial charge is 0.377 e. The summed E-state index contributed by atoms with van der Waals surface area (Å²) in [4.78, 5) is 107. The third kappa shape index (κ3) is 15.2. The van der Waals surface area contributed by atoms with Crippen molar-refractivity contribution < 1.29 is 66.2 Å². The first-order chi connectivity index (χ1) is 28.2. The molecule has 0 saturated carbocycles. The van der Waals surface area contributed by atoms with Gasteiger partial charge in [-0.3, -0.25) is 38.5 Å². The topological polar surface area (TPSA) is 267 Å². The van der Waals surface area contributed by atoms with E-state index in [0.29, 0.717) is 16.1 Å². The van der Waals surface area contributed by atoms with Crippen LogP contribution in [-0.2, 0) is 52.6 Å². The number of benzene rings is 1. The van der Waals surface area contributed by atoms with Crippen molar-refractivity contribution in [1.82, 2.24) is 30.9 Å². The minimum atomic E-state index is -3.09. The highest BCUT2D eigenvalue weighted by atomic mass is 19.3. The second-order valence-corrected chi connectivity index (χ2v) is 13.4. The van der Waals surface area contributed by atoms with Crippen molar-refractivity contribution >= 4 is 63.9 Å². The van der Waals surface area contributed by atoms with Gasteiger partial charge >= 0.3 is 5.97 Å². The summed E-state index contributed by atoms with van der Waals surface area (Å²) >= 11 is 0. The monoisotopic (exact) mass is 834 g/mol. The molecule has 20 nitrogen and oxygen atoms in total. The number of aromatic nitrogens is 1. The number of anilines is 1. The first-order valence-electron chi connectivity index (χ1n) is 19.0. The predicted octanol–water partition coefficient (Wildman–Crippen LogP) is -0.105. The summed E-state index contributed by atoms with van der Waals surface area (Å²) < 4.78 is 43.5. The van der Waals surface area contributed by atoms with Crippen LogP contribution in [0.1, 0.15) is 61.7 Å². The number of hydrogen-bond donors (Lipinski definition) is 5. The number of nitrogens with two attached hydrogens (primary N) is 1. The maximum atomic E-state index is 13.6. The van der Waals surface area contributed by atoms with E-state index < -0.39 is 67.1 Å². The molecule has 0 bridgehead atoms. The molecule has 22 heteroatoms. The number of likely N-dealkylation sites (tertiary alicyclic amines) is 1. The molecule has 0 radical (unpaired) electrons. The van der Waals surface area contributed by atoms with Gasteiger partial charge in [0.1, 0.15) is 0 Å². The minimum absolute atomic E-state index is 0.00562. The number of alkyl halides is 2. The summed E-state index contributed by atoms with van der Waals surface area (Å²) in [5.74, 6) is -7.52. The SMILES string of the molecule is N[C@@H]1CC(F)(F)CN1C(=O)CNC(=O)c1ccnc2c(NC(=O)CCC(=O)NCCOCCOCCOCCNC(=O)CCCC(=O)ON3C(=O)CCC3=O)cccc12. The molecule has 6 N–H and O–H groups in total. The summed E-state index contributed by atoms with van der Waals surface area (Å²) in [6, 6.07) is 6.18.